The van der Waals surface area contributed by atoms with Gasteiger partial charge in [0, 0.05) is 18.9 Å². The van der Waals surface area contributed by atoms with Crippen LogP contribution in [0.3, 0.4) is 0 Å². The minimum atomic E-state index is 0.190. The first kappa shape index (κ1) is 13.2. The Bertz CT molecular complexity index is 303. The summed E-state index contributed by atoms with van der Waals surface area (Å²) in [7, 11) is 1.63. The lowest BCUT2D eigenvalue weighted by atomic mass is 10.4. The highest BCUT2D eigenvalue weighted by Crippen LogP contribution is 2.11. The molecule has 16 heavy (non-hydrogen) atoms. The zero-order valence-electron chi connectivity index (χ0n) is 9.40. The van der Waals surface area contributed by atoms with Crippen LogP contribution in [-0.2, 0) is 9.47 Å². The van der Waals surface area contributed by atoms with Crippen LogP contribution >= 0.6 is 11.6 Å². The molecule has 0 aromatic carbocycles. The molecule has 0 N–H and O–H groups in total. The van der Waals surface area contributed by atoms with E-state index in [1.165, 1.54) is 0 Å². The van der Waals surface area contributed by atoms with Crippen molar-refractivity contribution < 1.29 is 14.2 Å². The summed E-state index contributed by atoms with van der Waals surface area (Å²) in [6.45, 7) is 3.89. The third-order valence-electron chi connectivity index (χ3n) is 1.71. The first-order chi connectivity index (χ1) is 7.72. The van der Waals surface area contributed by atoms with Crippen molar-refractivity contribution >= 4 is 11.6 Å². The van der Waals surface area contributed by atoms with E-state index in [2.05, 4.69) is 9.97 Å². The molecule has 0 bridgehead atoms. The lowest BCUT2D eigenvalue weighted by Crippen LogP contribution is -2.10. The van der Waals surface area contributed by atoms with Gasteiger partial charge in [-0.15, -0.1) is 0 Å². The van der Waals surface area contributed by atoms with Gasteiger partial charge >= 0.3 is 0 Å². The molecule has 5 nitrogen and oxygen atoms in total. The number of nitrogens with zero attached hydrogens (tertiary/aromatic N) is 2. The molecule has 0 saturated heterocycles. The molecule has 0 aliphatic carbocycles. The second kappa shape index (κ2) is 7.38. The summed E-state index contributed by atoms with van der Waals surface area (Å²) in [5.74, 6) is 0.466. The van der Waals surface area contributed by atoms with E-state index < -0.39 is 0 Å². The highest BCUT2D eigenvalue weighted by atomic mass is 35.5. The van der Waals surface area contributed by atoms with Crippen LogP contribution in [-0.4, -0.2) is 43.5 Å². The Hall–Kier alpha value is -0.910. The summed E-state index contributed by atoms with van der Waals surface area (Å²) in [5, 5.41) is 0.190. The predicted octanol–water partition coefficient (Wildman–Crippen LogP) is 1.48. The SMILES string of the molecule is COCCOCCOc1cc(C)nc(Cl)n1. The van der Waals surface area contributed by atoms with Gasteiger partial charge in [-0.2, -0.15) is 4.98 Å². The zero-order chi connectivity index (χ0) is 11.8. The number of methoxy groups -OCH3 is 1. The van der Waals surface area contributed by atoms with E-state index in [-0.39, 0.29) is 5.28 Å². The Labute approximate surface area is 99.7 Å². The average Bonchev–Trinajstić information content (AvgIpc) is 2.22. The van der Waals surface area contributed by atoms with Crippen LogP contribution in [0.5, 0.6) is 5.88 Å². The smallest absolute Gasteiger partial charge is 0.225 e. The normalized spacial score (nSPS) is 10.4. The van der Waals surface area contributed by atoms with Crippen molar-refractivity contribution in [1.29, 1.82) is 0 Å². The maximum Gasteiger partial charge on any atom is 0.225 e. The van der Waals surface area contributed by atoms with E-state index in [4.69, 9.17) is 25.8 Å². The Balaban J connectivity index is 2.21. The van der Waals surface area contributed by atoms with Crippen molar-refractivity contribution in [2.24, 2.45) is 0 Å². The summed E-state index contributed by atoms with van der Waals surface area (Å²) in [5.41, 5.74) is 0.773. The molecule has 0 atom stereocenters. The second-order valence-corrected chi connectivity index (χ2v) is 3.41. The van der Waals surface area contributed by atoms with Gasteiger partial charge in [0.05, 0.1) is 19.8 Å². The van der Waals surface area contributed by atoms with Crippen LogP contribution in [0.1, 0.15) is 5.69 Å². The van der Waals surface area contributed by atoms with E-state index in [0.29, 0.717) is 32.3 Å². The fourth-order valence-corrected chi connectivity index (χ4v) is 1.24. The van der Waals surface area contributed by atoms with Crippen molar-refractivity contribution in [3.8, 4) is 5.88 Å². The van der Waals surface area contributed by atoms with Crippen LogP contribution in [0.4, 0.5) is 0 Å². The maximum atomic E-state index is 5.68. The first-order valence-corrected chi connectivity index (χ1v) is 5.31. The van der Waals surface area contributed by atoms with Gasteiger partial charge in [0.25, 0.3) is 0 Å². The lowest BCUT2D eigenvalue weighted by Gasteiger charge is -2.06. The van der Waals surface area contributed by atoms with Crippen LogP contribution in [0, 0.1) is 6.92 Å². The molecule has 0 unspecified atom stereocenters. The van der Waals surface area contributed by atoms with Crippen LogP contribution < -0.4 is 4.74 Å². The van der Waals surface area contributed by atoms with Crippen LogP contribution in [0.2, 0.25) is 5.28 Å². The molecule has 1 aromatic heterocycles. The Kier molecular flexibility index (Phi) is 6.07. The molecule has 0 fully saturated rings. The molecule has 1 aromatic rings. The van der Waals surface area contributed by atoms with Crippen LogP contribution in [0.15, 0.2) is 6.07 Å². The largest absolute Gasteiger partial charge is 0.475 e. The molecule has 0 saturated carbocycles. The van der Waals surface area contributed by atoms with Gasteiger partial charge in [-0.05, 0) is 18.5 Å². The first-order valence-electron chi connectivity index (χ1n) is 4.93. The molecule has 6 heteroatoms. The van der Waals surface area contributed by atoms with Gasteiger partial charge < -0.3 is 14.2 Å². The Morgan fingerprint density at radius 2 is 1.94 bits per heavy atom. The van der Waals surface area contributed by atoms with Gasteiger partial charge in [-0.1, -0.05) is 0 Å². The zero-order valence-corrected chi connectivity index (χ0v) is 10.2. The fourth-order valence-electron chi connectivity index (χ4n) is 1.03. The third-order valence-corrected chi connectivity index (χ3v) is 1.88. The number of aryl methyl sites for hydroxylation is 1. The number of ether oxygens (including phenoxy) is 3. The summed E-state index contributed by atoms with van der Waals surface area (Å²) in [6.07, 6.45) is 0. The molecule has 0 aliphatic heterocycles. The van der Waals surface area contributed by atoms with Crippen molar-refractivity contribution in [2.75, 3.05) is 33.5 Å². The fraction of sp³-hybridized carbons (Fsp3) is 0.600. The van der Waals surface area contributed by atoms with Crippen molar-refractivity contribution in [2.45, 2.75) is 6.92 Å². The van der Waals surface area contributed by atoms with Gasteiger partial charge in [0.1, 0.15) is 6.61 Å². The number of halogens is 1. The Morgan fingerprint density at radius 3 is 2.62 bits per heavy atom. The van der Waals surface area contributed by atoms with Crippen molar-refractivity contribution in [1.82, 2.24) is 9.97 Å². The standard InChI is InChI=1S/C10H15ClN2O3/c1-8-7-9(13-10(11)12-8)16-6-5-15-4-3-14-2/h7H,3-6H2,1-2H3. The quantitative estimate of drug-likeness (QED) is 0.539. The van der Waals surface area contributed by atoms with E-state index in [9.17, 15) is 0 Å². The average molecular weight is 247 g/mol. The topological polar surface area (TPSA) is 53.5 Å². The minimum absolute atomic E-state index is 0.190. The monoisotopic (exact) mass is 246 g/mol. The molecular formula is C10H15ClN2O3. The van der Waals surface area contributed by atoms with Crippen molar-refractivity contribution in [3.63, 3.8) is 0 Å². The third kappa shape index (κ3) is 5.25. The number of hydrogen-bond donors (Lipinski definition) is 0. The highest BCUT2D eigenvalue weighted by molar-refractivity contribution is 6.28. The molecule has 0 radical (unpaired) electrons. The van der Waals surface area contributed by atoms with E-state index >= 15 is 0 Å². The minimum Gasteiger partial charge on any atom is -0.475 e. The van der Waals surface area contributed by atoms with Crippen LogP contribution in [0.25, 0.3) is 0 Å². The van der Waals surface area contributed by atoms with E-state index in [1.54, 1.807) is 13.2 Å². The van der Waals surface area contributed by atoms with Gasteiger partial charge in [-0.3, -0.25) is 0 Å². The summed E-state index contributed by atoms with van der Waals surface area (Å²) in [4.78, 5) is 7.85. The molecule has 90 valence electrons. The van der Waals surface area contributed by atoms with Gasteiger partial charge in [-0.25, -0.2) is 4.98 Å². The van der Waals surface area contributed by atoms with E-state index in [1.807, 2.05) is 6.92 Å². The lowest BCUT2D eigenvalue weighted by molar-refractivity contribution is 0.0536. The number of hydrogen-bond acceptors (Lipinski definition) is 5. The molecule has 0 spiro atoms. The number of rotatable bonds is 7. The molecular weight excluding hydrogens is 232 g/mol. The maximum absolute atomic E-state index is 5.68. The highest BCUT2D eigenvalue weighted by Gasteiger charge is 2.00. The molecule has 1 heterocycles. The molecule has 0 aliphatic rings. The molecule has 1 rings (SSSR count). The molecule has 0 amide bonds. The van der Waals surface area contributed by atoms with Gasteiger partial charge in [0.2, 0.25) is 11.2 Å². The predicted molar refractivity (Wildman–Crippen MR) is 60.0 cm³/mol. The van der Waals surface area contributed by atoms with E-state index in [0.717, 1.165) is 5.69 Å². The summed E-state index contributed by atoms with van der Waals surface area (Å²) < 4.78 is 15.4. The van der Waals surface area contributed by atoms with Gasteiger partial charge in [0.15, 0.2) is 0 Å². The number of aromatic nitrogens is 2. The Morgan fingerprint density at radius 1 is 1.19 bits per heavy atom. The van der Waals surface area contributed by atoms with Crippen molar-refractivity contribution in [3.05, 3.63) is 17.0 Å². The summed E-state index contributed by atoms with van der Waals surface area (Å²) in [6, 6.07) is 1.72. The second-order valence-electron chi connectivity index (χ2n) is 3.07. The summed E-state index contributed by atoms with van der Waals surface area (Å²) >= 11 is 5.68.